The number of rotatable bonds is 6. The highest BCUT2D eigenvalue weighted by molar-refractivity contribution is 7.92. The molecule has 0 atom stereocenters. The van der Waals surface area contributed by atoms with E-state index in [1.54, 1.807) is 30.3 Å². The van der Waals surface area contributed by atoms with Gasteiger partial charge in [0.1, 0.15) is 5.75 Å². The number of carbonyl (C=O) groups excluding carboxylic acids is 1. The second-order valence-corrected chi connectivity index (χ2v) is 7.81. The first-order valence-electron chi connectivity index (χ1n) is 8.19. The quantitative estimate of drug-likeness (QED) is 0.573. The lowest BCUT2D eigenvalue weighted by molar-refractivity contribution is -0.115. The molecule has 3 aromatic rings. The van der Waals surface area contributed by atoms with Crippen molar-refractivity contribution in [2.45, 2.75) is 6.42 Å². The van der Waals surface area contributed by atoms with E-state index in [0.29, 0.717) is 22.2 Å². The van der Waals surface area contributed by atoms with Gasteiger partial charge in [0.2, 0.25) is 15.9 Å². The van der Waals surface area contributed by atoms with Crippen molar-refractivity contribution in [3.8, 4) is 5.75 Å². The van der Waals surface area contributed by atoms with Crippen molar-refractivity contribution in [3.05, 3.63) is 58.5 Å². The minimum Gasteiger partial charge on any atom is -0.494 e. The molecule has 9 nitrogen and oxygen atoms in total. The van der Waals surface area contributed by atoms with Crippen molar-refractivity contribution >= 4 is 38.1 Å². The first-order chi connectivity index (χ1) is 13.3. The summed E-state index contributed by atoms with van der Waals surface area (Å²) < 4.78 is 30.3. The largest absolute Gasteiger partial charge is 0.494 e. The molecule has 0 radical (unpaired) electrons. The Hall–Kier alpha value is -3.40. The number of anilines is 2. The molecule has 0 fully saturated rings. The number of hydrogen-bond acceptors (Lipinski definition) is 6. The molecule has 0 aliphatic carbocycles. The molecular formula is C18H18N4O5S. The van der Waals surface area contributed by atoms with Crippen LogP contribution in [0.3, 0.4) is 0 Å². The number of aromatic nitrogens is 2. The second kappa shape index (κ2) is 7.69. The van der Waals surface area contributed by atoms with Crippen LogP contribution >= 0.6 is 0 Å². The number of methoxy groups -OCH3 is 1. The number of H-pyrrole nitrogens is 1. The highest BCUT2D eigenvalue weighted by Crippen LogP contribution is 2.28. The maximum Gasteiger partial charge on any atom is 0.272 e. The van der Waals surface area contributed by atoms with Crippen molar-refractivity contribution in [2.24, 2.45) is 0 Å². The predicted molar refractivity (Wildman–Crippen MR) is 106 cm³/mol. The van der Waals surface area contributed by atoms with Gasteiger partial charge >= 0.3 is 0 Å². The van der Waals surface area contributed by atoms with Crippen LogP contribution in [0.4, 0.5) is 11.4 Å². The van der Waals surface area contributed by atoms with Crippen LogP contribution in [-0.2, 0) is 21.2 Å². The van der Waals surface area contributed by atoms with Gasteiger partial charge in [0.05, 0.1) is 36.6 Å². The van der Waals surface area contributed by atoms with E-state index in [0.717, 1.165) is 6.26 Å². The fourth-order valence-corrected chi connectivity index (χ4v) is 3.28. The monoisotopic (exact) mass is 402 g/mol. The van der Waals surface area contributed by atoms with Gasteiger partial charge in [-0.15, -0.1) is 0 Å². The van der Waals surface area contributed by atoms with Crippen LogP contribution in [0.5, 0.6) is 5.75 Å². The van der Waals surface area contributed by atoms with E-state index in [9.17, 15) is 18.0 Å². The van der Waals surface area contributed by atoms with Crippen LogP contribution in [0.15, 0.2) is 47.3 Å². The number of ether oxygens (including phenoxy) is 1. The van der Waals surface area contributed by atoms with Gasteiger partial charge in [-0.2, -0.15) is 5.10 Å². The Morgan fingerprint density at radius 3 is 2.57 bits per heavy atom. The number of benzene rings is 2. The summed E-state index contributed by atoms with van der Waals surface area (Å²) in [5, 5.41) is 10.1. The average molecular weight is 402 g/mol. The number of aromatic amines is 1. The first kappa shape index (κ1) is 19.4. The molecule has 1 amide bonds. The van der Waals surface area contributed by atoms with Crippen molar-refractivity contribution in [1.82, 2.24) is 10.2 Å². The van der Waals surface area contributed by atoms with Gasteiger partial charge in [-0.3, -0.25) is 14.3 Å². The standard InChI is InChI=1S/C18H18N4O5S/c1-27-16-9-11(7-8-14(16)22-28(2,25)26)19-17(23)10-15-12-5-3-4-6-13(12)18(24)21-20-15/h3-9,22H,10H2,1-2H3,(H,19,23)(H,21,24). The number of sulfonamides is 1. The Morgan fingerprint density at radius 2 is 1.89 bits per heavy atom. The number of nitrogens with one attached hydrogen (secondary N) is 3. The lowest BCUT2D eigenvalue weighted by atomic mass is 10.1. The van der Waals surface area contributed by atoms with E-state index in [1.807, 2.05) is 0 Å². The lowest BCUT2D eigenvalue weighted by Crippen LogP contribution is -2.18. The molecule has 0 aliphatic heterocycles. The second-order valence-electron chi connectivity index (χ2n) is 6.06. The number of nitrogens with zero attached hydrogens (tertiary/aromatic N) is 1. The normalized spacial score (nSPS) is 11.2. The van der Waals surface area contributed by atoms with E-state index in [-0.39, 0.29) is 29.3 Å². The molecule has 0 bridgehead atoms. The summed E-state index contributed by atoms with van der Waals surface area (Å²) in [5.41, 5.74) is 0.805. The summed E-state index contributed by atoms with van der Waals surface area (Å²) in [4.78, 5) is 24.3. The summed E-state index contributed by atoms with van der Waals surface area (Å²) >= 11 is 0. The zero-order chi connectivity index (χ0) is 20.3. The number of hydrogen-bond donors (Lipinski definition) is 3. The van der Waals surface area contributed by atoms with Gasteiger partial charge in [-0.05, 0) is 18.2 Å². The molecule has 146 valence electrons. The zero-order valence-electron chi connectivity index (χ0n) is 15.1. The molecule has 10 heteroatoms. The molecule has 1 aromatic heterocycles. The average Bonchev–Trinajstić information content (AvgIpc) is 2.64. The van der Waals surface area contributed by atoms with Crippen molar-refractivity contribution in [3.63, 3.8) is 0 Å². The third-order valence-corrected chi connectivity index (χ3v) is 4.47. The van der Waals surface area contributed by atoms with Crippen molar-refractivity contribution < 1.29 is 17.9 Å². The number of fused-ring (bicyclic) bond motifs is 1. The van der Waals surface area contributed by atoms with Crippen LogP contribution < -0.4 is 20.3 Å². The maximum atomic E-state index is 12.4. The summed E-state index contributed by atoms with van der Waals surface area (Å²) in [6.07, 6.45) is 0.979. The first-order valence-corrected chi connectivity index (χ1v) is 10.1. The van der Waals surface area contributed by atoms with E-state index in [4.69, 9.17) is 4.74 Å². The minimum atomic E-state index is -3.47. The SMILES string of the molecule is COc1cc(NC(=O)Cc2n[nH]c(=O)c3ccccc23)ccc1NS(C)(=O)=O. The Labute approximate surface area is 160 Å². The fourth-order valence-electron chi connectivity index (χ4n) is 2.72. The molecule has 2 aromatic carbocycles. The third-order valence-electron chi connectivity index (χ3n) is 3.88. The van der Waals surface area contributed by atoms with Gasteiger partial charge in [-0.1, -0.05) is 18.2 Å². The minimum absolute atomic E-state index is 0.0526. The summed E-state index contributed by atoms with van der Waals surface area (Å²) in [6.45, 7) is 0. The smallest absolute Gasteiger partial charge is 0.272 e. The van der Waals surface area contributed by atoms with Gasteiger partial charge in [0, 0.05) is 17.1 Å². The van der Waals surface area contributed by atoms with Crippen molar-refractivity contribution in [2.75, 3.05) is 23.4 Å². The molecule has 3 N–H and O–H groups in total. The van der Waals surface area contributed by atoms with Gasteiger partial charge in [0.25, 0.3) is 5.56 Å². The molecule has 0 spiro atoms. The molecule has 3 rings (SSSR count). The highest BCUT2D eigenvalue weighted by Gasteiger charge is 2.13. The highest BCUT2D eigenvalue weighted by atomic mass is 32.2. The fraction of sp³-hybridized carbons (Fsp3) is 0.167. The maximum absolute atomic E-state index is 12.4. The lowest BCUT2D eigenvalue weighted by Gasteiger charge is -2.12. The molecule has 0 aliphatic rings. The molecular weight excluding hydrogens is 384 g/mol. The Bertz CT molecular complexity index is 1200. The molecule has 28 heavy (non-hydrogen) atoms. The molecule has 0 unspecified atom stereocenters. The van der Waals surface area contributed by atoms with Crippen molar-refractivity contribution in [1.29, 1.82) is 0 Å². The molecule has 1 heterocycles. The Morgan fingerprint density at radius 1 is 1.18 bits per heavy atom. The van der Waals surface area contributed by atoms with E-state index < -0.39 is 10.0 Å². The van der Waals surface area contributed by atoms with Crippen LogP contribution in [-0.4, -0.2) is 37.9 Å². The summed E-state index contributed by atoms with van der Waals surface area (Å²) in [5.74, 6) is -0.0913. The molecule has 0 saturated carbocycles. The van der Waals surface area contributed by atoms with Crippen LogP contribution in [0, 0.1) is 0 Å². The van der Waals surface area contributed by atoms with Crippen LogP contribution in [0.1, 0.15) is 5.69 Å². The molecule has 0 saturated heterocycles. The topological polar surface area (TPSA) is 130 Å². The van der Waals surface area contributed by atoms with E-state index >= 15 is 0 Å². The van der Waals surface area contributed by atoms with E-state index in [2.05, 4.69) is 20.2 Å². The van der Waals surface area contributed by atoms with Gasteiger partial charge in [-0.25, -0.2) is 13.5 Å². The van der Waals surface area contributed by atoms with Crippen LogP contribution in [0.25, 0.3) is 10.8 Å². The van der Waals surface area contributed by atoms with Crippen LogP contribution in [0.2, 0.25) is 0 Å². The van der Waals surface area contributed by atoms with E-state index in [1.165, 1.54) is 19.2 Å². The number of carbonyl (C=O) groups is 1. The summed E-state index contributed by atoms with van der Waals surface area (Å²) in [6, 6.07) is 11.4. The zero-order valence-corrected chi connectivity index (χ0v) is 16.0. The van der Waals surface area contributed by atoms with Gasteiger partial charge < -0.3 is 10.1 Å². The summed E-state index contributed by atoms with van der Waals surface area (Å²) in [7, 11) is -2.07. The predicted octanol–water partition coefficient (Wildman–Crippen LogP) is 1.48. The number of amides is 1. The Kier molecular flexibility index (Phi) is 5.32. The Balaban J connectivity index is 1.81. The third kappa shape index (κ3) is 4.46. The van der Waals surface area contributed by atoms with Gasteiger partial charge in [0.15, 0.2) is 0 Å².